The molecule has 0 bridgehead atoms. The molecule has 15 heavy (non-hydrogen) atoms. The fraction of sp³-hybridized carbons (Fsp3) is 0.375. The molecule has 0 aromatic rings. The normalized spacial score (nSPS) is 8.40. The summed E-state index contributed by atoms with van der Waals surface area (Å²) >= 11 is 0. The molecule has 0 atom stereocenters. The van der Waals surface area contributed by atoms with Gasteiger partial charge in [0.2, 0.25) is 0 Å². The van der Waals surface area contributed by atoms with E-state index in [9.17, 15) is 9.59 Å². The molecule has 7 nitrogen and oxygen atoms in total. The Hall–Kier alpha value is -2.05. The van der Waals surface area contributed by atoms with Crippen molar-refractivity contribution < 1.29 is 23.8 Å². The lowest BCUT2D eigenvalue weighted by molar-refractivity contribution is -0.138. The third kappa shape index (κ3) is 6.08. The second kappa shape index (κ2) is 7.36. The van der Waals surface area contributed by atoms with Gasteiger partial charge in [-0.15, -0.1) is 4.99 Å². The van der Waals surface area contributed by atoms with Crippen LogP contribution in [0.5, 0.6) is 0 Å². The number of carbonyl (C=O) groups is 2. The van der Waals surface area contributed by atoms with Crippen LogP contribution in [0.3, 0.4) is 0 Å². The van der Waals surface area contributed by atoms with Crippen molar-refractivity contribution in [3.8, 4) is 0 Å². The molecule has 0 aliphatic heterocycles. The molecule has 0 unspecified atom stereocenters. The minimum Gasteiger partial charge on any atom is -0.454 e. The van der Waals surface area contributed by atoms with Gasteiger partial charge in [-0.25, -0.2) is 9.59 Å². The third-order valence-corrected chi connectivity index (χ3v) is 1.15. The lowest BCUT2D eigenvalue weighted by atomic mass is 10.7. The van der Waals surface area contributed by atoms with E-state index in [0.717, 1.165) is 6.08 Å². The van der Waals surface area contributed by atoms with E-state index in [1.165, 1.54) is 14.2 Å². The number of esters is 1. The topological polar surface area (TPSA) is 86.2 Å². The summed E-state index contributed by atoms with van der Waals surface area (Å²) in [6, 6.07) is -0.745. The van der Waals surface area contributed by atoms with Crippen molar-refractivity contribution in [1.82, 2.24) is 5.32 Å². The number of carbonyl (C=O) groups excluding carboxylic acids is 2. The summed E-state index contributed by atoms with van der Waals surface area (Å²) < 4.78 is 13.6. The van der Waals surface area contributed by atoms with Crippen LogP contribution in [0.15, 0.2) is 17.6 Å². The summed E-state index contributed by atoms with van der Waals surface area (Å²) in [4.78, 5) is 24.9. The van der Waals surface area contributed by atoms with E-state index in [1.54, 1.807) is 0 Å². The number of ether oxygens (including phenoxy) is 3. The van der Waals surface area contributed by atoms with Crippen LogP contribution in [0.4, 0.5) is 4.79 Å². The van der Waals surface area contributed by atoms with E-state index in [2.05, 4.69) is 31.1 Å². The maximum absolute atomic E-state index is 11.0. The molecule has 0 aliphatic rings. The summed E-state index contributed by atoms with van der Waals surface area (Å²) in [6.45, 7) is 2.88. The zero-order valence-electron chi connectivity index (χ0n) is 8.48. The van der Waals surface area contributed by atoms with Gasteiger partial charge in [0.15, 0.2) is 6.73 Å². The number of aliphatic imine (C=N–C) groups is 1. The molecule has 0 saturated heterocycles. The van der Waals surface area contributed by atoms with Crippen LogP contribution in [-0.2, 0) is 19.0 Å². The molecule has 0 radical (unpaired) electrons. The van der Waals surface area contributed by atoms with Gasteiger partial charge in [0.25, 0.3) is 0 Å². The van der Waals surface area contributed by atoms with Crippen LogP contribution < -0.4 is 5.32 Å². The first kappa shape index (κ1) is 12.9. The minimum atomic E-state index is -0.745. The fourth-order valence-corrected chi connectivity index (χ4v) is 0.525. The Bertz CT molecular complexity index is 268. The predicted molar refractivity (Wildman–Crippen MR) is 51.1 cm³/mol. The molecule has 0 rings (SSSR count). The second-order valence-corrected chi connectivity index (χ2v) is 2.08. The van der Waals surface area contributed by atoms with Crippen LogP contribution in [-0.4, -0.2) is 39.0 Å². The van der Waals surface area contributed by atoms with Crippen molar-refractivity contribution in [2.24, 2.45) is 4.99 Å². The number of hydrogen-bond donors (Lipinski definition) is 1. The molecule has 0 saturated carbocycles. The Morgan fingerprint density at radius 1 is 1.40 bits per heavy atom. The fourth-order valence-electron chi connectivity index (χ4n) is 0.525. The zero-order valence-corrected chi connectivity index (χ0v) is 8.48. The Balaban J connectivity index is 3.89. The molecule has 84 valence electrons. The van der Waals surface area contributed by atoms with E-state index in [1.807, 2.05) is 0 Å². The molecule has 0 aliphatic carbocycles. The van der Waals surface area contributed by atoms with Crippen molar-refractivity contribution >= 4 is 18.1 Å². The highest BCUT2D eigenvalue weighted by molar-refractivity contribution is 5.86. The Labute approximate surface area is 86.7 Å². The van der Waals surface area contributed by atoms with Gasteiger partial charge in [-0.3, -0.25) is 0 Å². The van der Waals surface area contributed by atoms with Gasteiger partial charge in [-0.2, -0.15) is 0 Å². The number of methoxy groups -OCH3 is 2. The summed E-state index contributed by atoms with van der Waals surface area (Å²) in [5, 5.41) is 2.17. The molecular weight excluding hydrogens is 204 g/mol. The smallest absolute Gasteiger partial charge is 0.392 e. The Kier molecular flexibility index (Phi) is 6.36. The van der Waals surface area contributed by atoms with Gasteiger partial charge in [-0.05, 0) is 0 Å². The molecule has 0 heterocycles. The van der Waals surface area contributed by atoms with Gasteiger partial charge in [0, 0.05) is 6.08 Å². The molecule has 0 aromatic heterocycles. The molecule has 2 amide bonds. The van der Waals surface area contributed by atoms with Crippen molar-refractivity contribution in [2.75, 3.05) is 21.0 Å². The average molecular weight is 216 g/mol. The van der Waals surface area contributed by atoms with Crippen molar-refractivity contribution in [2.45, 2.75) is 0 Å². The monoisotopic (exact) mass is 216 g/mol. The average Bonchev–Trinajstić information content (AvgIpc) is 2.25. The number of nitrogens with zero attached hydrogens (tertiary/aromatic N) is 1. The first-order chi connectivity index (χ1) is 7.13. The van der Waals surface area contributed by atoms with E-state index in [4.69, 9.17) is 0 Å². The van der Waals surface area contributed by atoms with E-state index >= 15 is 0 Å². The van der Waals surface area contributed by atoms with Crippen LogP contribution in [0.25, 0.3) is 0 Å². The van der Waals surface area contributed by atoms with Crippen molar-refractivity contribution in [3.63, 3.8) is 0 Å². The minimum absolute atomic E-state index is 0.192. The number of urea groups is 1. The van der Waals surface area contributed by atoms with Gasteiger partial charge >= 0.3 is 18.1 Å². The quantitative estimate of drug-likeness (QED) is 0.236. The predicted octanol–water partition coefficient (Wildman–Crippen LogP) is 0.0315. The van der Waals surface area contributed by atoms with Gasteiger partial charge in [0.1, 0.15) is 0 Å². The van der Waals surface area contributed by atoms with Crippen LogP contribution in [0.2, 0.25) is 0 Å². The second-order valence-electron chi connectivity index (χ2n) is 2.08. The first-order valence-corrected chi connectivity index (χ1v) is 3.87. The number of nitrogens with one attached hydrogen (secondary N) is 1. The van der Waals surface area contributed by atoms with Gasteiger partial charge in [0.05, 0.1) is 14.2 Å². The highest BCUT2D eigenvalue weighted by Gasteiger charge is 2.03. The van der Waals surface area contributed by atoms with E-state index in [-0.39, 0.29) is 12.8 Å². The maximum atomic E-state index is 11.0. The summed E-state index contributed by atoms with van der Waals surface area (Å²) in [5.41, 5.74) is 0. The summed E-state index contributed by atoms with van der Waals surface area (Å²) in [6.07, 6.45) is 0.785. The highest BCUT2D eigenvalue weighted by atomic mass is 16.7. The van der Waals surface area contributed by atoms with Crippen LogP contribution in [0, 0.1) is 0 Å². The van der Waals surface area contributed by atoms with Gasteiger partial charge in [-0.1, -0.05) is 6.58 Å². The lowest BCUT2D eigenvalue weighted by Crippen LogP contribution is -2.26. The summed E-state index contributed by atoms with van der Waals surface area (Å²) in [5.74, 6) is -0.641. The van der Waals surface area contributed by atoms with E-state index < -0.39 is 12.0 Å². The zero-order chi connectivity index (χ0) is 11.7. The highest BCUT2D eigenvalue weighted by Crippen LogP contribution is 1.84. The molecule has 0 fully saturated rings. The van der Waals surface area contributed by atoms with Gasteiger partial charge < -0.3 is 19.5 Å². The van der Waals surface area contributed by atoms with Crippen molar-refractivity contribution in [1.29, 1.82) is 0 Å². The molecule has 1 N–H and O–H groups in total. The standard InChI is InChI=1S/C8H12N2O5/c1-4-6(11)15-5-9-7(12)10-8(13-2)14-3/h4H,1,5H2,2-3H3,(H,9,12). The van der Waals surface area contributed by atoms with E-state index in [0.29, 0.717) is 0 Å². The largest absolute Gasteiger partial charge is 0.454 e. The Morgan fingerprint density at radius 2 is 2.00 bits per heavy atom. The molecule has 7 heteroatoms. The number of hydrogen-bond acceptors (Lipinski definition) is 5. The Morgan fingerprint density at radius 3 is 2.47 bits per heavy atom. The lowest BCUT2D eigenvalue weighted by Gasteiger charge is -2.03. The SMILES string of the molecule is C=CC(=O)OCNC(=O)N=C(OC)OC. The third-order valence-electron chi connectivity index (χ3n) is 1.15. The molecule has 0 spiro atoms. The first-order valence-electron chi connectivity index (χ1n) is 3.87. The molecule has 0 aromatic carbocycles. The number of amides is 2. The van der Waals surface area contributed by atoms with Crippen molar-refractivity contribution in [3.05, 3.63) is 12.7 Å². The molecular formula is C8H12N2O5. The maximum Gasteiger partial charge on any atom is 0.392 e. The summed E-state index contributed by atoms with van der Waals surface area (Å²) in [7, 11) is 2.60. The number of rotatable bonds is 3. The van der Waals surface area contributed by atoms with Crippen LogP contribution in [0.1, 0.15) is 0 Å². The van der Waals surface area contributed by atoms with Crippen LogP contribution >= 0.6 is 0 Å².